The Labute approximate surface area is 142 Å². The Morgan fingerprint density at radius 2 is 1.38 bits per heavy atom. The number of rotatable bonds is 2. The standard InChI is InChI=1S/C23H19N/c1-16-7-6-10-19(13-16)20-11-12-23-22(15-20)21(14-17(2)24-23)18-8-4-3-5-9-18/h3-15H,1-2H3. The van der Waals surface area contributed by atoms with Gasteiger partial charge >= 0.3 is 0 Å². The summed E-state index contributed by atoms with van der Waals surface area (Å²) >= 11 is 0. The summed E-state index contributed by atoms with van der Waals surface area (Å²) in [5.74, 6) is 0. The lowest BCUT2D eigenvalue weighted by Crippen LogP contribution is -1.89. The summed E-state index contributed by atoms with van der Waals surface area (Å²) in [4.78, 5) is 4.71. The molecule has 0 amide bonds. The van der Waals surface area contributed by atoms with E-state index in [4.69, 9.17) is 4.98 Å². The highest BCUT2D eigenvalue weighted by atomic mass is 14.7. The number of benzene rings is 3. The smallest absolute Gasteiger partial charge is 0.0711 e. The van der Waals surface area contributed by atoms with E-state index >= 15 is 0 Å². The van der Waals surface area contributed by atoms with Crippen LogP contribution in [0.1, 0.15) is 11.3 Å². The molecule has 0 saturated carbocycles. The third-order valence-corrected chi connectivity index (χ3v) is 4.37. The summed E-state index contributed by atoms with van der Waals surface area (Å²) in [6.07, 6.45) is 0. The SMILES string of the molecule is Cc1cccc(-c2ccc3nc(C)cc(-c4ccccc4)c3c2)c1. The maximum atomic E-state index is 4.71. The predicted octanol–water partition coefficient (Wildman–Crippen LogP) is 6.19. The first-order chi connectivity index (χ1) is 11.7. The van der Waals surface area contributed by atoms with Crippen molar-refractivity contribution in [2.24, 2.45) is 0 Å². The quantitative estimate of drug-likeness (QED) is 0.430. The van der Waals surface area contributed by atoms with Gasteiger partial charge in [-0.3, -0.25) is 4.98 Å². The molecule has 1 aromatic heterocycles. The van der Waals surface area contributed by atoms with Gasteiger partial charge in [0.1, 0.15) is 0 Å². The summed E-state index contributed by atoms with van der Waals surface area (Å²) in [5, 5.41) is 1.20. The maximum Gasteiger partial charge on any atom is 0.0711 e. The van der Waals surface area contributed by atoms with Crippen LogP contribution in [0.25, 0.3) is 33.2 Å². The molecule has 1 heteroatoms. The van der Waals surface area contributed by atoms with Crippen molar-refractivity contribution < 1.29 is 0 Å². The van der Waals surface area contributed by atoms with E-state index < -0.39 is 0 Å². The van der Waals surface area contributed by atoms with E-state index in [0.717, 1.165) is 11.2 Å². The Balaban J connectivity index is 1.97. The van der Waals surface area contributed by atoms with Crippen LogP contribution in [-0.2, 0) is 0 Å². The molecule has 4 aromatic rings. The number of fused-ring (bicyclic) bond motifs is 1. The van der Waals surface area contributed by atoms with Crippen molar-refractivity contribution in [2.45, 2.75) is 13.8 Å². The van der Waals surface area contributed by atoms with Gasteiger partial charge in [0.05, 0.1) is 5.52 Å². The van der Waals surface area contributed by atoms with E-state index in [1.54, 1.807) is 0 Å². The Morgan fingerprint density at radius 1 is 0.625 bits per heavy atom. The van der Waals surface area contributed by atoms with Crippen molar-refractivity contribution in [3.8, 4) is 22.3 Å². The first kappa shape index (κ1) is 14.6. The molecule has 24 heavy (non-hydrogen) atoms. The third-order valence-electron chi connectivity index (χ3n) is 4.37. The van der Waals surface area contributed by atoms with Gasteiger partial charge in [0.25, 0.3) is 0 Å². The van der Waals surface area contributed by atoms with Crippen molar-refractivity contribution in [1.82, 2.24) is 4.98 Å². The molecule has 4 rings (SSSR count). The molecule has 0 aliphatic heterocycles. The zero-order valence-electron chi connectivity index (χ0n) is 14.0. The number of nitrogens with zero attached hydrogens (tertiary/aromatic N) is 1. The van der Waals surface area contributed by atoms with Crippen molar-refractivity contribution in [3.63, 3.8) is 0 Å². The molecule has 0 unspecified atom stereocenters. The fraction of sp³-hybridized carbons (Fsp3) is 0.0870. The zero-order chi connectivity index (χ0) is 16.5. The number of aryl methyl sites for hydroxylation is 2. The molecule has 0 bridgehead atoms. The Bertz CT molecular complexity index is 1020. The van der Waals surface area contributed by atoms with Crippen LogP contribution in [0.5, 0.6) is 0 Å². The molecule has 1 heterocycles. The molecular weight excluding hydrogens is 290 g/mol. The van der Waals surface area contributed by atoms with Gasteiger partial charge < -0.3 is 0 Å². The van der Waals surface area contributed by atoms with Gasteiger partial charge in [-0.2, -0.15) is 0 Å². The van der Waals surface area contributed by atoms with E-state index in [1.807, 2.05) is 0 Å². The third kappa shape index (κ3) is 2.69. The van der Waals surface area contributed by atoms with Crippen LogP contribution in [0.4, 0.5) is 0 Å². The molecule has 0 aliphatic rings. The monoisotopic (exact) mass is 309 g/mol. The van der Waals surface area contributed by atoms with Gasteiger partial charge in [-0.25, -0.2) is 0 Å². The first-order valence-corrected chi connectivity index (χ1v) is 8.24. The molecular formula is C23H19N. The second-order valence-corrected chi connectivity index (χ2v) is 6.28. The summed E-state index contributed by atoms with van der Waals surface area (Å²) in [5.41, 5.74) is 8.32. The lowest BCUT2D eigenvalue weighted by Gasteiger charge is -2.11. The van der Waals surface area contributed by atoms with E-state index in [2.05, 4.69) is 92.7 Å². The minimum Gasteiger partial charge on any atom is -0.253 e. The normalized spacial score (nSPS) is 10.9. The van der Waals surface area contributed by atoms with Crippen molar-refractivity contribution in [1.29, 1.82) is 0 Å². The van der Waals surface area contributed by atoms with Gasteiger partial charge in [-0.05, 0) is 54.3 Å². The largest absolute Gasteiger partial charge is 0.253 e. The van der Waals surface area contributed by atoms with E-state index in [-0.39, 0.29) is 0 Å². The highest BCUT2D eigenvalue weighted by Gasteiger charge is 2.08. The predicted molar refractivity (Wildman–Crippen MR) is 102 cm³/mol. The molecule has 0 saturated heterocycles. The number of hydrogen-bond donors (Lipinski definition) is 0. The van der Waals surface area contributed by atoms with Crippen LogP contribution in [0.2, 0.25) is 0 Å². The topological polar surface area (TPSA) is 12.9 Å². The Morgan fingerprint density at radius 3 is 2.17 bits per heavy atom. The molecule has 3 aromatic carbocycles. The summed E-state index contributed by atoms with van der Waals surface area (Å²) in [6.45, 7) is 4.19. The van der Waals surface area contributed by atoms with E-state index in [1.165, 1.54) is 33.2 Å². The fourth-order valence-corrected chi connectivity index (χ4v) is 3.22. The molecule has 1 nitrogen and oxygen atoms in total. The minimum atomic E-state index is 1.05. The van der Waals surface area contributed by atoms with Gasteiger partial charge in [0.15, 0.2) is 0 Å². The summed E-state index contributed by atoms with van der Waals surface area (Å²) in [6, 6.07) is 27.9. The van der Waals surface area contributed by atoms with Crippen molar-refractivity contribution in [3.05, 3.63) is 90.1 Å². The molecule has 0 fully saturated rings. The Hall–Kier alpha value is -2.93. The van der Waals surface area contributed by atoms with Gasteiger partial charge in [-0.15, -0.1) is 0 Å². The number of hydrogen-bond acceptors (Lipinski definition) is 1. The summed E-state index contributed by atoms with van der Waals surface area (Å²) in [7, 11) is 0. The van der Waals surface area contributed by atoms with Gasteiger partial charge in [0.2, 0.25) is 0 Å². The van der Waals surface area contributed by atoms with Crippen LogP contribution in [0.3, 0.4) is 0 Å². The van der Waals surface area contributed by atoms with Crippen LogP contribution in [-0.4, -0.2) is 4.98 Å². The average molecular weight is 309 g/mol. The average Bonchev–Trinajstić information content (AvgIpc) is 2.61. The van der Waals surface area contributed by atoms with E-state index in [9.17, 15) is 0 Å². The lowest BCUT2D eigenvalue weighted by atomic mass is 9.96. The van der Waals surface area contributed by atoms with Crippen molar-refractivity contribution >= 4 is 10.9 Å². The maximum absolute atomic E-state index is 4.71. The van der Waals surface area contributed by atoms with Gasteiger partial charge in [-0.1, -0.05) is 66.2 Å². The molecule has 0 spiro atoms. The van der Waals surface area contributed by atoms with E-state index in [0.29, 0.717) is 0 Å². The second kappa shape index (κ2) is 5.93. The van der Waals surface area contributed by atoms with Crippen LogP contribution in [0, 0.1) is 13.8 Å². The highest BCUT2D eigenvalue weighted by molar-refractivity contribution is 5.97. The number of aromatic nitrogens is 1. The minimum absolute atomic E-state index is 1.05. The van der Waals surface area contributed by atoms with Crippen LogP contribution < -0.4 is 0 Å². The summed E-state index contributed by atoms with van der Waals surface area (Å²) < 4.78 is 0. The zero-order valence-corrected chi connectivity index (χ0v) is 14.0. The first-order valence-electron chi connectivity index (χ1n) is 8.24. The molecule has 0 atom stereocenters. The highest BCUT2D eigenvalue weighted by Crippen LogP contribution is 2.32. The van der Waals surface area contributed by atoms with Crippen LogP contribution in [0.15, 0.2) is 78.9 Å². The molecule has 0 radical (unpaired) electrons. The molecule has 116 valence electrons. The fourth-order valence-electron chi connectivity index (χ4n) is 3.22. The molecule has 0 N–H and O–H groups in total. The Kier molecular flexibility index (Phi) is 3.62. The van der Waals surface area contributed by atoms with Crippen molar-refractivity contribution in [2.75, 3.05) is 0 Å². The molecule has 0 aliphatic carbocycles. The lowest BCUT2D eigenvalue weighted by molar-refractivity contribution is 1.26. The number of pyridine rings is 1. The van der Waals surface area contributed by atoms with Gasteiger partial charge in [0, 0.05) is 11.1 Å². The van der Waals surface area contributed by atoms with Crippen LogP contribution >= 0.6 is 0 Å². The second-order valence-electron chi connectivity index (χ2n) is 6.28.